The fraction of sp³-hybridized carbons (Fsp3) is 0.333. The lowest BCUT2D eigenvalue weighted by atomic mass is 10.1. The van der Waals surface area contributed by atoms with Crippen molar-refractivity contribution in [1.29, 1.82) is 0 Å². The third kappa shape index (κ3) is 4.46. The smallest absolute Gasteiger partial charge is 0.306 e. The minimum absolute atomic E-state index is 0.136. The summed E-state index contributed by atoms with van der Waals surface area (Å²) in [4.78, 5) is 33.0. The van der Waals surface area contributed by atoms with Crippen molar-refractivity contribution < 1.29 is 9.53 Å². The van der Waals surface area contributed by atoms with E-state index in [1.165, 1.54) is 4.52 Å². The van der Waals surface area contributed by atoms with Crippen molar-refractivity contribution in [3.63, 3.8) is 0 Å². The van der Waals surface area contributed by atoms with Gasteiger partial charge in [0.25, 0.3) is 11.3 Å². The van der Waals surface area contributed by atoms with E-state index in [1.807, 2.05) is 12.1 Å². The highest BCUT2D eigenvalue weighted by Crippen LogP contribution is 2.14. The van der Waals surface area contributed by atoms with Gasteiger partial charge in [-0.2, -0.15) is 9.50 Å². The second-order valence-electron chi connectivity index (χ2n) is 5.95. The van der Waals surface area contributed by atoms with Crippen LogP contribution in [-0.2, 0) is 22.5 Å². The van der Waals surface area contributed by atoms with E-state index in [0.717, 1.165) is 5.69 Å². The van der Waals surface area contributed by atoms with Crippen molar-refractivity contribution in [1.82, 2.24) is 19.6 Å². The number of aryl methyl sites for hydroxylation is 1. The van der Waals surface area contributed by atoms with Crippen LogP contribution in [0.1, 0.15) is 30.4 Å². The molecule has 3 aromatic rings. The number of halogens is 1. The number of aromatic amines is 1. The molecule has 142 valence electrons. The summed E-state index contributed by atoms with van der Waals surface area (Å²) in [6.07, 6.45) is 0.410. The molecule has 1 aromatic carbocycles. The van der Waals surface area contributed by atoms with E-state index in [4.69, 9.17) is 16.3 Å². The number of ether oxygens (including phenoxy) is 1. The van der Waals surface area contributed by atoms with Gasteiger partial charge in [-0.05, 0) is 44.5 Å². The molecular weight excluding hydrogens is 370 g/mol. The number of carbonyl (C=O) groups is 1. The largest absolute Gasteiger partial charge is 0.466 e. The van der Waals surface area contributed by atoms with Gasteiger partial charge in [-0.25, -0.2) is 4.98 Å². The van der Waals surface area contributed by atoms with Gasteiger partial charge in [0.15, 0.2) is 0 Å². The Morgan fingerprint density at radius 2 is 2.04 bits per heavy atom. The number of H-pyrrole nitrogens is 1. The number of hydrogen-bond donors (Lipinski definition) is 2. The lowest BCUT2D eigenvalue weighted by molar-refractivity contribution is -0.143. The number of benzene rings is 1. The van der Waals surface area contributed by atoms with Crippen molar-refractivity contribution in [3.05, 3.63) is 56.7 Å². The van der Waals surface area contributed by atoms with E-state index in [9.17, 15) is 9.59 Å². The highest BCUT2D eigenvalue weighted by Gasteiger charge is 2.15. The van der Waals surface area contributed by atoms with Crippen molar-refractivity contribution in [3.8, 4) is 0 Å². The predicted octanol–water partition coefficient (Wildman–Crippen LogP) is 2.49. The molecule has 0 atom stereocenters. The van der Waals surface area contributed by atoms with E-state index in [0.29, 0.717) is 41.0 Å². The van der Waals surface area contributed by atoms with Gasteiger partial charge >= 0.3 is 5.97 Å². The number of fused-ring (bicyclic) bond motifs is 1. The summed E-state index contributed by atoms with van der Waals surface area (Å²) in [5, 5.41) is 6.81. The maximum absolute atomic E-state index is 12.7. The van der Waals surface area contributed by atoms with Crippen LogP contribution in [0.4, 0.5) is 5.69 Å². The molecule has 9 heteroatoms. The van der Waals surface area contributed by atoms with Gasteiger partial charge in [-0.3, -0.25) is 14.7 Å². The highest BCUT2D eigenvalue weighted by molar-refractivity contribution is 6.30. The van der Waals surface area contributed by atoms with Crippen LogP contribution in [0, 0.1) is 6.92 Å². The van der Waals surface area contributed by atoms with Gasteiger partial charge in [0.2, 0.25) is 0 Å². The SMILES string of the molecule is CCOC(=O)CCc1c(C)nc2nc(CNc3ccc(Cl)cc3)[nH]n2c1=O. The first-order valence-electron chi connectivity index (χ1n) is 8.60. The molecule has 0 aliphatic heterocycles. The Hall–Kier alpha value is -2.87. The Labute approximate surface area is 160 Å². The third-order valence-corrected chi connectivity index (χ3v) is 4.28. The zero-order valence-corrected chi connectivity index (χ0v) is 15.8. The lowest BCUT2D eigenvalue weighted by Crippen LogP contribution is -2.23. The zero-order chi connectivity index (χ0) is 19.4. The number of nitrogens with one attached hydrogen (secondary N) is 2. The molecule has 0 fully saturated rings. The minimum Gasteiger partial charge on any atom is -0.466 e. The summed E-state index contributed by atoms with van der Waals surface area (Å²) in [6.45, 7) is 4.19. The second kappa shape index (κ2) is 8.22. The van der Waals surface area contributed by atoms with Crippen molar-refractivity contribution in [2.45, 2.75) is 33.2 Å². The Morgan fingerprint density at radius 3 is 2.74 bits per heavy atom. The Balaban J connectivity index is 1.78. The molecule has 0 amide bonds. The summed E-state index contributed by atoms with van der Waals surface area (Å²) in [6, 6.07) is 7.28. The highest BCUT2D eigenvalue weighted by atomic mass is 35.5. The van der Waals surface area contributed by atoms with E-state index in [1.54, 1.807) is 26.0 Å². The molecule has 0 unspecified atom stereocenters. The van der Waals surface area contributed by atoms with Crippen molar-refractivity contribution in [2.75, 3.05) is 11.9 Å². The second-order valence-corrected chi connectivity index (χ2v) is 6.39. The number of carbonyl (C=O) groups excluding carboxylic acids is 1. The molecule has 0 bridgehead atoms. The number of esters is 1. The topological polar surface area (TPSA) is 101 Å². The maximum Gasteiger partial charge on any atom is 0.306 e. The minimum atomic E-state index is -0.334. The van der Waals surface area contributed by atoms with Crippen LogP contribution in [0.25, 0.3) is 5.78 Å². The van der Waals surface area contributed by atoms with Crippen LogP contribution in [-0.4, -0.2) is 32.2 Å². The molecule has 0 saturated heterocycles. The molecule has 0 radical (unpaired) electrons. The summed E-state index contributed by atoms with van der Waals surface area (Å²) < 4.78 is 6.21. The van der Waals surface area contributed by atoms with E-state index >= 15 is 0 Å². The van der Waals surface area contributed by atoms with E-state index in [-0.39, 0.29) is 24.4 Å². The standard InChI is InChI=1S/C18H20ClN5O3/c1-3-27-16(25)9-8-14-11(2)21-18-22-15(23-24(18)17(14)26)10-20-13-6-4-12(19)5-7-13/h4-7,20H,3,8-10H2,1-2H3,(H,21,22,23). The van der Waals surface area contributed by atoms with Crippen molar-refractivity contribution in [2.24, 2.45) is 0 Å². The number of nitrogens with zero attached hydrogens (tertiary/aromatic N) is 3. The Morgan fingerprint density at radius 1 is 1.30 bits per heavy atom. The van der Waals surface area contributed by atoms with Gasteiger partial charge in [-0.1, -0.05) is 11.6 Å². The number of aromatic nitrogens is 4. The zero-order valence-electron chi connectivity index (χ0n) is 15.1. The predicted molar refractivity (Wildman–Crippen MR) is 102 cm³/mol. The molecule has 2 N–H and O–H groups in total. The first-order chi connectivity index (χ1) is 13.0. The number of hydrogen-bond acceptors (Lipinski definition) is 6. The summed E-state index contributed by atoms with van der Waals surface area (Å²) in [5.74, 6) is 0.528. The van der Waals surface area contributed by atoms with Crippen LogP contribution < -0.4 is 10.9 Å². The Bertz CT molecular complexity index is 1010. The molecule has 27 heavy (non-hydrogen) atoms. The maximum atomic E-state index is 12.7. The molecule has 0 spiro atoms. The third-order valence-electron chi connectivity index (χ3n) is 4.03. The monoisotopic (exact) mass is 389 g/mol. The van der Waals surface area contributed by atoms with Crippen molar-refractivity contribution >= 4 is 29.0 Å². The van der Waals surface area contributed by atoms with Crippen LogP contribution in [0.15, 0.2) is 29.1 Å². The quantitative estimate of drug-likeness (QED) is 0.602. The summed E-state index contributed by atoms with van der Waals surface area (Å²) in [7, 11) is 0. The van der Waals surface area contributed by atoms with E-state index < -0.39 is 0 Å². The number of anilines is 1. The average Bonchev–Trinajstić information content (AvgIpc) is 3.04. The van der Waals surface area contributed by atoms with Crippen LogP contribution in [0.5, 0.6) is 0 Å². The van der Waals surface area contributed by atoms with Gasteiger partial charge in [0, 0.05) is 22.7 Å². The number of rotatable bonds is 7. The van der Waals surface area contributed by atoms with Gasteiger partial charge < -0.3 is 10.1 Å². The summed E-state index contributed by atoms with van der Waals surface area (Å²) in [5.41, 5.74) is 1.66. The van der Waals surface area contributed by atoms with Crippen LogP contribution in [0.2, 0.25) is 5.02 Å². The van der Waals surface area contributed by atoms with Gasteiger partial charge in [-0.15, -0.1) is 0 Å². The average molecular weight is 390 g/mol. The van der Waals surface area contributed by atoms with Gasteiger partial charge in [0.1, 0.15) is 5.82 Å². The van der Waals surface area contributed by atoms with Crippen LogP contribution >= 0.6 is 11.6 Å². The van der Waals surface area contributed by atoms with Crippen LogP contribution in [0.3, 0.4) is 0 Å². The normalized spacial score (nSPS) is 10.9. The van der Waals surface area contributed by atoms with Gasteiger partial charge in [0.05, 0.1) is 18.8 Å². The fourth-order valence-corrected chi connectivity index (χ4v) is 2.81. The molecule has 8 nitrogen and oxygen atoms in total. The molecule has 2 aromatic heterocycles. The molecule has 0 saturated carbocycles. The first-order valence-corrected chi connectivity index (χ1v) is 8.98. The lowest BCUT2D eigenvalue weighted by Gasteiger charge is -2.04. The summed E-state index contributed by atoms with van der Waals surface area (Å²) >= 11 is 5.87. The van der Waals surface area contributed by atoms with E-state index in [2.05, 4.69) is 20.4 Å². The molecular formula is C18H20ClN5O3. The molecule has 0 aliphatic rings. The molecule has 2 heterocycles. The fourth-order valence-electron chi connectivity index (χ4n) is 2.68. The Kier molecular flexibility index (Phi) is 5.75. The molecule has 0 aliphatic carbocycles. The first kappa shape index (κ1) is 18.9. The molecule has 3 rings (SSSR count).